The summed E-state index contributed by atoms with van der Waals surface area (Å²) in [6, 6.07) is 12.4. The summed E-state index contributed by atoms with van der Waals surface area (Å²) in [6.07, 6.45) is -4.40. The predicted molar refractivity (Wildman–Crippen MR) is 185 cm³/mol. The van der Waals surface area contributed by atoms with Crippen molar-refractivity contribution in [1.82, 2.24) is 0 Å². The van der Waals surface area contributed by atoms with Crippen molar-refractivity contribution >= 4 is 36.4 Å². The molecule has 3 aromatic rings. The molecule has 0 saturated heterocycles. The molecule has 0 spiro atoms. The summed E-state index contributed by atoms with van der Waals surface area (Å²) >= 11 is 0. The van der Waals surface area contributed by atoms with E-state index in [0.717, 1.165) is 0 Å². The predicted octanol–water partition coefficient (Wildman–Crippen LogP) is 5.21. The van der Waals surface area contributed by atoms with Gasteiger partial charge in [0.1, 0.15) is 34.5 Å². The van der Waals surface area contributed by atoms with Gasteiger partial charge in [-0.05, 0) is 55.2 Å². The second kappa shape index (κ2) is 22.8. The summed E-state index contributed by atoms with van der Waals surface area (Å²) in [4.78, 5) is 101. The standard InChI is InChI=1S/C36H38O21/c1-43-25-11-22(12-26(17-25)44-2)31(37)52-55-34(40)49-9-7-21(20-51-36(42)57-54-33(39)24-15-29(47-5)19-30(16-24)48-6)8-10-50-35(41)56-53-32(38)23-13-27(45-3)18-28(14-23)46-4/h11-19,21H,7-10,20H2,1-6H3. The van der Waals surface area contributed by atoms with Gasteiger partial charge in [-0.1, -0.05) is 0 Å². The summed E-state index contributed by atoms with van der Waals surface area (Å²) in [5, 5.41) is 0. The number of methoxy groups -OCH3 is 6. The van der Waals surface area contributed by atoms with E-state index in [4.69, 9.17) is 42.6 Å². The van der Waals surface area contributed by atoms with E-state index in [9.17, 15) is 28.8 Å². The smallest absolute Gasteiger partial charge is 0.497 e. The molecule has 0 saturated carbocycles. The monoisotopic (exact) mass is 806 g/mol. The highest BCUT2D eigenvalue weighted by Gasteiger charge is 2.22. The number of hydrogen-bond donors (Lipinski definition) is 0. The van der Waals surface area contributed by atoms with Gasteiger partial charge in [-0.25, -0.2) is 43.7 Å². The van der Waals surface area contributed by atoms with Gasteiger partial charge in [-0.15, -0.1) is 0 Å². The third kappa shape index (κ3) is 14.8. The maximum absolute atomic E-state index is 12.4. The van der Waals surface area contributed by atoms with Crippen molar-refractivity contribution in [3.05, 3.63) is 71.3 Å². The van der Waals surface area contributed by atoms with Crippen LogP contribution in [0.2, 0.25) is 0 Å². The highest BCUT2D eigenvalue weighted by Crippen LogP contribution is 2.25. The summed E-state index contributed by atoms with van der Waals surface area (Å²) < 4.78 is 45.4. The van der Waals surface area contributed by atoms with Crippen molar-refractivity contribution in [1.29, 1.82) is 0 Å². The first-order valence-electron chi connectivity index (χ1n) is 16.3. The summed E-state index contributed by atoms with van der Waals surface area (Å²) in [7, 11) is 8.20. The van der Waals surface area contributed by atoms with Crippen LogP contribution in [0.15, 0.2) is 54.6 Å². The highest BCUT2D eigenvalue weighted by atomic mass is 17.2. The molecule has 21 heteroatoms. The van der Waals surface area contributed by atoms with Crippen molar-refractivity contribution in [2.24, 2.45) is 5.92 Å². The maximum Gasteiger partial charge on any atom is 0.549 e. The first kappa shape index (κ1) is 44.1. The summed E-state index contributed by atoms with van der Waals surface area (Å²) in [6.45, 7) is -1.25. The van der Waals surface area contributed by atoms with Crippen molar-refractivity contribution < 1.29 is 101 Å². The molecule has 0 aromatic heterocycles. The zero-order valence-corrected chi connectivity index (χ0v) is 31.4. The lowest BCUT2D eigenvalue weighted by Crippen LogP contribution is -2.21. The van der Waals surface area contributed by atoms with Crippen molar-refractivity contribution in [2.75, 3.05) is 62.5 Å². The molecular formula is C36H38O21. The van der Waals surface area contributed by atoms with E-state index < -0.39 is 62.1 Å². The SMILES string of the molecule is COc1cc(OC)cc(C(=O)OOC(=O)OCCC(CCOC(=O)OOC(=O)c2cc(OC)cc(OC)c2)COC(=O)OOC(=O)c2cc(OC)cc(OC)c2)c1. The number of carbonyl (C=O) groups excluding carboxylic acids is 6. The Balaban J connectivity index is 1.53. The van der Waals surface area contributed by atoms with Crippen LogP contribution >= 0.6 is 0 Å². The molecule has 0 radical (unpaired) electrons. The first-order valence-corrected chi connectivity index (χ1v) is 16.3. The van der Waals surface area contributed by atoms with E-state index in [-0.39, 0.29) is 64.0 Å². The van der Waals surface area contributed by atoms with Crippen LogP contribution in [-0.4, -0.2) is 98.9 Å². The van der Waals surface area contributed by atoms with Crippen LogP contribution < -0.4 is 28.4 Å². The first-order chi connectivity index (χ1) is 27.4. The molecule has 3 rings (SSSR count). The molecule has 0 bridgehead atoms. The second-order valence-electron chi connectivity index (χ2n) is 10.9. The molecular weight excluding hydrogens is 768 g/mol. The minimum absolute atomic E-state index is 0.0641. The van der Waals surface area contributed by atoms with Gasteiger partial charge in [-0.2, -0.15) is 14.4 Å². The fourth-order valence-corrected chi connectivity index (χ4v) is 4.32. The van der Waals surface area contributed by atoms with E-state index >= 15 is 0 Å². The lowest BCUT2D eigenvalue weighted by Gasteiger charge is -2.16. The largest absolute Gasteiger partial charge is 0.549 e. The van der Waals surface area contributed by atoms with Crippen LogP contribution in [0.25, 0.3) is 0 Å². The number of hydrogen-bond acceptors (Lipinski definition) is 21. The van der Waals surface area contributed by atoms with E-state index in [1.807, 2.05) is 0 Å². The van der Waals surface area contributed by atoms with Crippen LogP contribution in [-0.2, 0) is 43.5 Å². The molecule has 3 aromatic carbocycles. The lowest BCUT2D eigenvalue weighted by atomic mass is 10.0. The molecule has 0 aliphatic rings. The molecule has 21 nitrogen and oxygen atoms in total. The molecule has 0 heterocycles. The number of rotatable bonds is 17. The van der Waals surface area contributed by atoms with Gasteiger partial charge >= 0.3 is 36.4 Å². The van der Waals surface area contributed by atoms with E-state index in [0.29, 0.717) is 0 Å². The van der Waals surface area contributed by atoms with Gasteiger partial charge in [0.25, 0.3) is 0 Å². The van der Waals surface area contributed by atoms with Crippen LogP contribution in [0.5, 0.6) is 34.5 Å². The Labute approximate surface area is 324 Å². The van der Waals surface area contributed by atoms with Gasteiger partial charge in [0.15, 0.2) is 0 Å². The Hall–Kier alpha value is -7.32. The summed E-state index contributed by atoms with van der Waals surface area (Å²) in [5.41, 5.74) is -0.204. The van der Waals surface area contributed by atoms with E-state index in [2.05, 4.69) is 29.3 Å². The van der Waals surface area contributed by atoms with Gasteiger partial charge in [-0.3, -0.25) is 0 Å². The van der Waals surface area contributed by atoms with Crippen molar-refractivity contribution in [3.8, 4) is 34.5 Å². The van der Waals surface area contributed by atoms with E-state index in [1.54, 1.807) is 0 Å². The molecule has 308 valence electrons. The van der Waals surface area contributed by atoms with Gasteiger partial charge in [0.2, 0.25) is 0 Å². The number of ether oxygens (including phenoxy) is 9. The average Bonchev–Trinajstić information content (AvgIpc) is 3.24. The number of carbonyl (C=O) groups is 6. The third-order valence-electron chi connectivity index (χ3n) is 7.25. The molecule has 0 aliphatic heterocycles. The van der Waals surface area contributed by atoms with Gasteiger partial charge in [0, 0.05) is 18.2 Å². The van der Waals surface area contributed by atoms with Crippen molar-refractivity contribution in [2.45, 2.75) is 12.8 Å². The maximum atomic E-state index is 12.4. The zero-order valence-electron chi connectivity index (χ0n) is 31.4. The molecule has 0 fully saturated rings. The molecule has 0 N–H and O–H groups in total. The van der Waals surface area contributed by atoms with Crippen LogP contribution in [0.4, 0.5) is 14.4 Å². The van der Waals surface area contributed by atoms with Crippen LogP contribution in [0.3, 0.4) is 0 Å². The second-order valence-corrected chi connectivity index (χ2v) is 10.9. The lowest BCUT2D eigenvalue weighted by molar-refractivity contribution is -0.206. The topological polar surface area (TPSA) is 241 Å². The van der Waals surface area contributed by atoms with E-state index in [1.165, 1.54) is 97.3 Å². The third-order valence-corrected chi connectivity index (χ3v) is 7.25. The van der Waals surface area contributed by atoms with Crippen molar-refractivity contribution in [3.63, 3.8) is 0 Å². The molecule has 0 atom stereocenters. The average molecular weight is 807 g/mol. The Bertz CT molecular complexity index is 1700. The normalized spacial score (nSPS) is 10.2. The molecule has 57 heavy (non-hydrogen) atoms. The Kier molecular flexibility index (Phi) is 17.6. The van der Waals surface area contributed by atoms with Gasteiger partial charge in [0.05, 0.1) is 79.2 Å². The number of benzene rings is 3. The molecule has 0 aliphatic carbocycles. The van der Waals surface area contributed by atoms with Crippen LogP contribution in [0, 0.1) is 5.92 Å². The minimum Gasteiger partial charge on any atom is -0.497 e. The minimum atomic E-state index is -1.44. The van der Waals surface area contributed by atoms with Crippen LogP contribution in [0.1, 0.15) is 43.9 Å². The zero-order chi connectivity index (χ0) is 41.7. The Morgan fingerprint density at radius 3 is 0.912 bits per heavy atom. The fraction of sp³-hybridized carbons (Fsp3) is 0.333. The molecule has 0 amide bonds. The highest BCUT2D eigenvalue weighted by molar-refractivity contribution is 5.91. The van der Waals surface area contributed by atoms with Gasteiger partial charge < -0.3 is 42.6 Å². The molecule has 0 unspecified atom stereocenters. The quantitative estimate of drug-likeness (QED) is 0.0735. The fourth-order valence-electron chi connectivity index (χ4n) is 4.32. The Morgan fingerprint density at radius 1 is 0.386 bits per heavy atom. The summed E-state index contributed by atoms with van der Waals surface area (Å²) in [5.74, 6) is -2.38. The Morgan fingerprint density at radius 2 is 0.649 bits per heavy atom.